The van der Waals surface area contributed by atoms with Crippen LogP contribution < -0.4 is 9.32 Å². The molecule has 0 amide bonds. The molecule has 0 saturated carbocycles. The van der Waals surface area contributed by atoms with E-state index in [9.17, 15) is 0 Å². The SMILES string of the molecule is NSOc1ccccc1. The molecule has 0 spiro atoms. The highest BCUT2D eigenvalue weighted by Gasteiger charge is 1.85. The van der Waals surface area contributed by atoms with Gasteiger partial charge in [-0.3, -0.25) is 0 Å². The number of para-hydroxylation sites is 1. The van der Waals surface area contributed by atoms with E-state index < -0.39 is 0 Å². The molecule has 0 aromatic heterocycles. The highest BCUT2D eigenvalue weighted by molar-refractivity contribution is 7.92. The van der Waals surface area contributed by atoms with E-state index in [0.29, 0.717) is 0 Å². The summed E-state index contributed by atoms with van der Waals surface area (Å²) in [4.78, 5) is 0. The molecule has 0 heterocycles. The zero-order valence-corrected chi connectivity index (χ0v) is 5.60. The standard InChI is InChI=1S/C6H7NOS/c7-9-8-6-4-2-1-3-5-6/h1-5H,7H2. The molecule has 0 saturated heterocycles. The summed E-state index contributed by atoms with van der Waals surface area (Å²) in [5.41, 5.74) is 0. The van der Waals surface area contributed by atoms with Crippen molar-refractivity contribution in [3.8, 4) is 5.75 Å². The quantitative estimate of drug-likeness (QED) is 0.501. The highest BCUT2D eigenvalue weighted by atomic mass is 32.2. The Hall–Kier alpha value is -0.670. The van der Waals surface area contributed by atoms with Crippen molar-refractivity contribution in [3.05, 3.63) is 30.3 Å². The second-order valence-corrected chi connectivity index (χ2v) is 1.85. The van der Waals surface area contributed by atoms with Crippen LogP contribution in [-0.2, 0) is 0 Å². The van der Waals surface area contributed by atoms with E-state index >= 15 is 0 Å². The summed E-state index contributed by atoms with van der Waals surface area (Å²) in [6.45, 7) is 0. The van der Waals surface area contributed by atoms with Crippen molar-refractivity contribution >= 4 is 12.2 Å². The van der Waals surface area contributed by atoms with Crippen LogP contribution in [0.4, 0.5) is 0 Å². The third kappa shape index (κ3) is 1.95. The number of rotatable bonds is 2. The first kappa shape index (κ1) is 6.45. The Balaban J connectivity index is 2.61. The van der Waals surface area contributed by atoms with Crippen LogP contribution in [0.3, 0.4) is 0 Å². The van der Waals surface area contributed by atoms with Crippen LogP contribution in [0.2, 0.25) is 0 Å². The van der Waals surface area contributed by atoms with E-state index in [-0.39, 0.29) is 0 Å². The summed E-state index contributed by atoms with van der Waals surface area (Å²) in [6, 6.07) is 9.41. The lowest BCUT2D eigenvalue weighted by Gasteiger charge is -1.96. The van der Waals surface area contributed by atoms with Crippen LogP contribution in [-0.4, -0.2) is 0 Å². The molecule has 0 aliphatic rings. The summed E-state index contributed by atoms with van der Waals surface area (Å²) in [5, 5.41) is 5.05. The van der Waals surface area contributed by atoms with Crippen molar-refractivity contribution in [1.82, 2.24) is 0 Å². The molecule has 0 atom stereocenters. The molecule has 2 N–H and O–H groups in total. The number of hydrogen-bond acceptors (Lipinski definition) is 3. The summed E-state index contributed by atoms with van der Waals surface area (Å²) in [5.74, 6) is 0.782. The van der Waals surface area contributed by atoms with Crippen LogP contribution >= 0.6 is 12.2 Å². The van der Waals surface area contributed by atoms with Gasteiger partial charge >= 0.3 is 0 Å². The zero-order valence-electron chi connectivity index (χ0n) is 4.78. The average molecular weight is 141 g/mol. The first-order chi connectivity index (χ1) is 4.43. The molecule has 1 aromatic carbocycles. The van der Waals surface area contributed by atoms with Crippen molar-refractivity contribution in [2.24, 2.45) is 5.14 Å². The average Bonchev–Trinajstić information content (AvgIpc) is 1.91. The number of hydrogen-bond donors (Lipinski definition) is 1. The Morgan fingerprint density at radius 2 is 1.89 bits per heavy atom. The number of benzene rings is 1. The fraction of sp³-hybridized carbons (Fsp3) is 0. The molecule has 0 bridgehead atoms. The summed E-state index contributed by atoms with van der Waals surface area (Å²) in [6.07, 6.45) is 0. The summed E-state index contributed by atoms with van der Waals surface area (Å²) < 4.78 is 4.90. The van der Waals surface area contributed by atoms with Crippen molar-refractivity contribution in [1.29, 1.82) is 0 Å². The Morgan fingerprint density at radius 3 is 2.44 bits per heavy atom. The Kier molecular flexibility index (Phi) is 2.42. The predicted octanol–water partition coefficient (Wildman–Crippen LogP) is 1.59. The molecular formula is C6H7NOS. The van der Waals surface area contributed by atoms with Gasteiger partial charge in [0.1, 0.15) is 18.0 Å². The first-order valence-electron chi connectivity index (χ1n) is 2.52. The highest BCUT2D eigenvalue weighted by Crippen LogP contribution is 2.10. The normalized spacial score (nSPS) is 9.00. The van der Waals surface area contributed by atoms with Gasteiger partial charge in [0.15, 0.2) is 0 Å². The fourth-order valence-corrected chi connectivity index (χ4v) is 0.754. The van der Waals surface area contributed by atoms with E-state index in [1.165, 1.54) is 0 Å². The first-order valence-corrected chi connectivity index (χ1v) is 3.32. The zero-order chi connectivity index (χ0) is 6.53. The van der Waals surface area contributed by atoms with Crippen molar-refractivity contribution in [2.45, 2.75) is 0 Å². The van der Waals surface area contributed by atoms with Crippen LogP contribution in [0.1, 0.15) is 0 Å². The number of nitrogens with two attached hydrogens (primary N) is 1. The largest absolute Gasteiger partial charge is 0.410 e. The molecule has 0 fully saturated rings. The Labute approximate surface area is 58.4 Å². The van der Waals surface area contributed by atoms with Gasteiger partial charge in [-0.1, -0.05) is 18.2 Å². The minimum atomic E-state index is 0.782. The molecule has 0 aliphatic carbocycles. The molecule has 48 valence electrons. The maximum absolute atomic E-state index is 5.05. The van der Waals surface area contributed by atoms with Crippen molar-refractivity contribution < 1.29 is 4.18 Å². The van der Waals surface area contributed by atoms with Gasteiger partial charge in [0.05, 0.1) is 0 Å². The van der Waals surface area contributed by atoms with E-state index in [2.05, 4.69) is 0 Å². The predicted molar refractivity (Wildman–Crippen MR) is 38.8 cm³/mol. The molecule has 9 heavy (non-hydrogen) atoms. The lowest BCUT2D eigenvalue weighted by Crippen LogP contribution is -1.85. The Morgan fingerprint density at radius 1 is 1.22 bits per heavy atom. The minimum Gasteiger partial charge on any atom is -0.410 e. The second-order valence-electron chi connectivity index (χ2n) is 1.49. The minimum absolute atomic E-state index is 0.782. The second kappa shape index (κ2) is 3.37. The van der Waals surface area contributed by atoms with Crippen LogP contribution in [0.25, 0.3) is 0 Å². The smallest absolute Gasteiger partial charge is 0.140 e. The Bertz CT molecular complexity index is 166. The summed E-state index contributed by atoms with van der Waals surface area (Å²) in [7, 11) is 0. The maximum Gasteiger partial charge on any atom is 0.140 e. The van der Waals surface area contributed by atoms with Crippen LogP contribution in [0, 0.1) is 0 Å². The van der Waals surface area contributed by atoms with E-state index in [1.807, 2.05) is 30.3 Å². The monoisotopic (exact) mass is 141 g/mol. The van der Waals surface area contributed by atoms with Gasteiger partial charge in [-0.2, -0.15) is 0 Å². The van der Waals surface area contributed by atoms with Gasteiger partial charge in [0, 0.05) is 0 Å². The fourth-order valence-electron chi connectivity index (χ4n) is 0.532. The van der Waals surface area contributed by atoms with Crippen molar-refractivity contribution in [2.75, 3.05) is 0 Å². The van der Waals surface area contributed by atoms with Gasteiger partial charge in [-0.25, -0.2) is 5.14 Å². The third-order valence-corrected chi connectivity index (χ3v) is 1.18. The van der Waals surface area contributed by atoms with Crippen LogP contribution in [0.15, 0.2) is 30.3 Å². The van der Waals surface area contributed by atoms with E-state index in [0.717, 1.165) is 18.0 Å². The molecule has 1 rings (SSSR count). The van der Waals surface area contributed by atoms with Gasteiger partial charge in [0.25, 0.3) is 0 Å². The van der Waals surface area contributed by atoms with Gasteiger partial charge in [0.2, 0.25) is 0 Å². The maximum atomic E-state index is 5.05. The van der Waals surface area contributed by atoms with E-state index in [4.69, 9.17) is 9.32 Å². The lowest BCUT2D eigenvalue weighted by atomic mass is 10.3. The molecule has 0 unspecified atom stereocenters. The molecule has 0 radical (unpaired) electrons. The molecular weight excluding hydrogens is 134 g/mol. The topological polar surface area (TPSA) is 35.2 Å². The van der Waals surface area contributed by atoms with Crippen LogP contribution in [0.5, 0.6) is 5.75 Å². The van der Waals surface area contributed by atoms with Crippen molar-refractivity contribution in [3.63, 3.8) is 0 Å². The molecule has 3 heteroatoms. The van der Waals surface area contributed by atoms with Gasteiger partial charge in [-0.05, 0) is 12.1 Å². The van der Waals surface area contributed by atoms with Gasteiger partial charge in [-0.15, -0.1) is 0 Å². The summed E-state index contributed by atoms with van der Waals surface area (Å²) >= 11 is 0.855. The molecule has 1 aromatic rings. The lowest BCUT2D eigenvalue weighted by molar-refractivity contribution is 0.647. The molecule has 0 aliphatic heterocycles. The van der Waals surface area contributed by atoms with Gasteiger partial charge < -0.3 is 4.18 Å². The molecule has 2 nitrogen and oxygen atoms in total. The van der Waals surface area contributed by atoms with E-state index in [1.54, 1.807) is 0 Å². The third-order valence-electron chi connectivity index (χ3n) is 0.888.